The fourth-order valence-corrected chi connectivity index (χ4v) is 2.75. The molecule has 2 aliphatic heterocycles. The van der Waals surface area contributed by atoms with Crippen molar-refractivity contribution in [2.24, 2.45) is 0 Å². The van der Waals surface area contributed by atoms with Crippen molar-refractivity contribution in [2.45, 2.75) is 18.3 Å². The maximum absolute atomic E-state index is 14.3. The average Bonchev–Trinajstić information content (AvgIpc) is 2.68. The fourth-order valence-electron chi connectivity index (χ4n) is 2.75. The predicted octanol–water partition coefficient (Wildman–Crippen LogP) is 2.14. The molecule has 0 radical (unpaired) electrons. The molecule has 3 heterocycles. The third-order valence-corrected chi connectivity index (χ3v) is 4.34. The summed E-state index contributed by atoms with van der Waals surface area (Å²) in [7, 11) is 0. The van der Waals surface area contributed by atoms with Crippen LogP contribution in [0, 0.1) is 0 Å². The minimum Gasteiger partial charge on any atom is -0.378 e. The summed E-state index contributed by atoms with van der Waals surface area (Å²) in [6.07, 6.45) is -4.54. The van der Waals surface area contributed by atoms with Crippen molar-refractivity contribution in [2.75, 3.05) is 62.4 Å². The van der Waals surface area contributed by atoms with Gasteiger partial charge in [0.05, 0.1) is 26.4 Å². The molecule has 152 valence electrons. The highest BCUT2D eigenvalue weighted by Gasteiger charge is 2.65. The van der Waals surface area contributed by atoms with E-state index in [9.17, 15) is 26.3 Å². The van der Waals surface area contributed by atoms with E-state index < -0.39 is 24.0 Å². The van der Waals surface area contributed by atoms with E-state index in [0.717, 1.165) is 0 Å². The van der Waals surface area contributed by atoms with Crippen molar-refractivity contribution in [1.29, 1.82) is 0 Å². The van der Waals surface area contributed by atoms with Crippen LogP contribution in [0.1, 0.15) is 5.69 Å². The Morgan fingerprint density at radius 3 is 1.89 bits per heavy atom. The average molecular weight is 400 g/mol. The quantitative estimate of drug-likeness (QED) is 0.706. The van der Waals surface area contributed by atoms with Crippen molar-refractivity contribution >= 4 is 11.8 Å². The highest BCUT2D eigenvalue weighted by Crippen LogP contribution is 2.46. The number of halogens is 6. The molecular formula is C15H18F6N4O2. The molecule has 27 heavy (non-hydrogen) atoms. The van der Waals surface area contributed by atoms with Gasteiger partial charge >= 0.3 is 18.3 Å². The van der Waals surface area contributed by atoms with Gasteiger partial charge in [-0.2, -0.15) is 22.5 Å². The highest BCUT2D eigenvalue weighted by molar-refractivity contribution is 5.48. The molecule has 12 heteroatoms. The first kappa shape index (κ1) is 19.9. The zero-order valence-electron chi connectivity index (χ0n) is 14.2. The molecule has 0 aromatic carbocycles. The first-order valence-corrected chi connectivity index (χ1v) is 8.32. The fraction of sp³-hybridized carbons (Fsp3) is 0.733. The van der Waals surface area contributed by atoms with Crippen molar-refractivity contribution in [3.05, 3.63) is 11.8 Å². The molecule has 6 nitrogen and oxygen atoms in total. The number of rotatable bonds is 5. The summed E-state index contributed by atoms with van der Waals surface area (Å²) < 4.78 is 91.1. The van der Waals surface area contributed by atoms with Gasteiger partial charge in [0.25, 0.3) is 0 Å². The normalized spacial score (nSPS) is 19.7. The van der Waals surface area contributed by atoms with Crippen LogP contribution in [0.15, 0.2) is 6.07 Å². The number of ether oxygens (including phenoxy) is 2. The number of hydrogen-bond donors (Lipinski definition) is 0. The molecule has 1 aromatic heterocycles. The number of morpholine rings is 2. The number of aromatic nitrogens is 2. The third-order valence-electron chi connectivity index (χ3n) is 4.34. The molecule has 0 bridgehead atoms. The lowest BCUT2D eigenvalue weighted by molar-refractivity contribution is -0.271. The summed E-state index contributed by atoms with van der Waals surface area (Å²) in [6, 6.07) is 0.644. The lowest BCUT2D eigenvalue weighted by Crippen LogP contribution is -2.45. The van der Waals surface area contributed by atoms with Crippen LogP contribution in [0.2, 0.25) is 0 Å². The maximum Gasteiger partial charge on any atom is 0.375 e. The van der Waals surface area contributed by atoms with Gasteiger partial charge < -0.3 is 19.3 Å². The molecule has 0 unspecified atom stereocenters. The van der Waals surface area contributed by atoms with Crippen molar-refractivity contribution in [1.82, 2.24) is 9.97 Å². The Labute approximate surface area is 151 Å². The van der Waals surface area contributed by atoms with Crippen LogP contribution in [-0.4, -0.2) is 74.9 Å². The van der Waals surface area contributed by atoms with Gasteiger partial charge in [0.1, 0.15) is 11.5 Å². The Morgan fingerprint density at radius 1 is 0.852 bits per heavy atom. The lowest BCUT2D eigenvalue weighted by atomic mass is 10.1. The lowest BCUT2D eigenvalue weighted by Gasteiger charge is -2.32. The largest absolute Gasteiger partial charge is 0.378 e. The summed E-state index contributed by atoms with van der Waals surface area (Å²) in [5.74, 6) is -11.0. The topological polar surface area (TPSA) is 50.7 Å². The van der Waals surface area contributed by atoms with Crippen LogP contribution in [0.5, 0.6) is 0 Å². The summed E-state index contributed by atoms with van der Waals surface area (Å²) in [5, 5.41) is 0. The van der Waals surface area contributed by atoms with E-state index in [2.05, 4.69) is 9.97 Å². The smallest absolute Gasteiger partial charge is 0.375 e. The van der Waals surface area contributed by atoms with Crippen LogP contribution in [0.3, 0.4) is 0 Å². The Kier molecular flexibility index (Phi) is 5.65. The van der Waals surface area contributed by atoms with Gasteiger partial charge in [-0.3, -0.25) is 0 Å². The number of anilines is 2. The molecule has 0 aliphatic carbocycles. The van der Waals surface area contributed by atoms with Crippen LogP contribution in [0.4, 0.5) is 38.1 Å². The van der Waals surface area contributed by atoms with Gasteiger partial charge in [-0.25, -0.2) is 13.8 Å². The van der Waals surface area contributed by atoms with E-state index >= 15 is 0 Å². The molecule has 0 spiro atoms. The second kappa shape index (κ2) is 7.66. The number of alkyl halides is 6. The molecule has 0 saturated carbocycles. The maximum atomic E-state index is 14.3. The number of nitrogens with zero attached hydrogens (tertiary/aromatic N) is 4. The third kappa shape index (κ3) is 3.91. The standard InChI is InChI=1S/C15H18F6N4O2/c16-12(17)15(20,21)14(18,19)10-9-11(24-1-5-26-6-2-24)23-13(22-10)25-3-7-27-8-4-25/h9,12H,1-8H2. The summed E-state index contributed by atoms with van der Waals surface area (Å²) >= 11 is 0. The second-order valence-corrected chi connectivity index (χ2v) is 6.11. The Morgan fingerprint density at radius 2 is 1.37 bits per heavy atom. The van der Waals surface area contributed by atoms with Crippen LogP contribution in [-0.2, 0) is 15.4 Å². The van der Waals surface area contributed by atoms with Crippen LogP contribution >= 0.6 is 0 Å². The van der Waals surface area contributed by atoms with Crippen molar-refractivity contribution in [3.8, 4) is 0 Å². The Balaban J connectivity index is 2.03. The summed E-state index contributed by atoms with van der Waals surface area (Å²) in [4.78, 5) is 10.8. The Bertz CT molecular complexity index is 615. The van der Waals surface area contributed by atoms with Gasteiger partial charge in [-0.1, -0.05) is 0 Å². The monoisotopic (exact) mass is 400 g/mol. The Hall–Kier alpha value is -1.82. The van der Waals surface area contributed by atoms with Gasteiger partial charge in [-0.05, 0) is 0 Å². The van der Waals surface area contributed by atoms with E-state index in [1.807, 2.05) is 0 Å². The zero-order valence-corrected chi connectivity index (χ0v) is 14.2. The van der Waals surface area contributed by atoms with Gasteiger partial charge in [0, 0.05) is 32.2 Å². The van der Waals surface area contributed by atoms with E-state index in [1.54, 1.807) is 4.90 Å². The van der Waals surface area contributed by atoms with Crippen LogP contribution < -0.4 is 9.80 Å². The molecule has 2 fully saturated rings. The molecular weight excluding hydrogens is 382 g/mol. The molecule has 0 N–H and O–H groups in total. The zero-order chi connectivity index (χ0) is 19.7. The second-order valence-electron chi connectivity index (χ2n) is 6.11. The minimum absolute atomic E-state index is 0.0328. The highest BCUT2D eigenvalue weighted by atomic mass is 19.3. The first-order valence-electron chi connectivity index (χ1n) is 8.32. The summed E-state index contributed by atoms with van der Waals surface area (Å²) in [6.45, 7) is 2.30. The molecule has 2 aliphatic rings. The van der Waals surface area contributed by atoms with E-state index in [-0.39, 0.29) is 38.1 Å². The van der Waals surface area contributed by atoms with Crippen molar-refractivity contribution in [3.63, 3.8) is 0 Å². The minimum atomic E-state index is -5.56. The van der Waals surface area contributed by atoms with Gasteiger partial charge in [0.15, 0.2) is 0 Å². The molecule has 1 aromatic rings. The molecule has 3 rings (SSSR count). The van der Waals surface area contributed by atoms with Crippen molar-refractivity contribution < 1.29 is 35.8 Å². The summed E-state index contributed by atoms with van der Waals surface area (Å²) in [5.41, 5.74) is -1.44. The molecule has 2 saturated heterocycles. The number of hydrogen-bond acceptors (Lipinski definition) is 6. The SMILES string of the molecule is FC(F)C(F)(F)C(F)(F)c1cc(N2CCOCC2)nc(N2CCOCC2)n1. The van der Waals surface area contributed by atoms with E-state index in [1.165, 1.54) is 4.90 Å². The first-order chi connectivity index (χ1) is 12.7. The molecule has 0 amide bonds. The van der Waals surface area contributed by atoms with E-state index in [4.69, 9.17) is 9.47 Å². The van der Waals surface area contributed by atoms with Crippen LogP contribution in [0.25, 0.3) is 0 Å². The van der Waals surface area contributed by atoms with E-state index in [0.29, 0.717) is 32.4 Å². The van der Waals surface area contributed by atoms with Gasteiger partial charge in [-0.15, -0.1) is 0 Å². The van der Waals surface area contributed by atoms with Gasteiger partial charge in [0.2, 0.25) is 5.95 Å². The predicted molar refractivity (Wildman–Crippen MR) is 82.9 cm³/mol. The molecule has 0 atom stereocenters.